The van der Waals surface area contributed by atoms with E-state index in [9.17, 15) is 19.2 Å². The molecule has 0 radical (unpaired) electrons. The Kier molecular flexibility index (Phi) is 11.5. The third-order valence-electron chi connectivity index (χ3n) is 4.84. The average Bonchev–Trinajstić information content (AvgIpc) is 2.80. The second-order valence-electron chi connectivity index (χ2n) is 8.57. The molecule has 3 rings (SSSR count). The van der Waals surface area contributed by atoms with Crippen molar-refractivity contribution in [3.8, 4) is 5.75 Å². The third kappa shape index (κ3) is 9.01. The van der Waals surface area contributed by atoms with Crippen molar-refractivity contribution in [3.05, 3.63) is 23.8 Å². The number of nitrogens with one attached hydrogen (secondary N) is 1. The van der Waals surface area contributed by atoms with Gasteiger partial charge in [-0.25, -0.2) is 9.59 Å². The lowest BCUT2D eigenvalue weighted by molar-refractivity contribution is -0.120. The van der Waals surface area contributed by atoms with Crippen molar-refractivity contribution in [1.82, 2.24) is 15.1 Å². The summed E-state index contributed by atoms with van der Waals surface area (Å²) in [5, 5.41) is 2.22. The first kappa shape index (κ1) is 28.9. The van der Waals surface area contributed by atoms with Crippen LogP contribution in [0.5, 0.6) is 5.75 Å². The monoisotopic (exact) mass is 478 g/mol. The number of hydrogen-bond acceptors (Lipinski definition) is 7. The van der Waals surface area contributed by atoms with Crippen LogP contribution >= 0.6 is 0 Å². The van der Waals surface area contributed by atoms with Crippen molar-refractivity contribution >= 4 is 30.0 Å². The van der Waals surface area contributed by atoms with E-state index in [0.717, 1.165) is 26.2 Å². The predicted molar refractivity (Wildman–Crippen MR) is 131 cm³/mol. The fraction of sp³-hybridized carbons (Fsp3) is 0.583. The van der Waals surface area contributed by atoms with Crippen LogP contribution in [-0.2, 0) is 9.53 Å². The number of nitrogens with zero attached hydrogens (tertiary/aromatic N) is 3. The second-order valence-corrected chi connectivity index (χ2v) is 8.57. The van der Waals surface area contributed by atoms with E-state index in [1.165, 1.54) is 12.0 Å². The summed E-state index contributed by atoms with van der Waals surface area (Å²) >= 11 is 0. The molecule has 10 heteroatoms. The first-order chi connectivity index (χ1) is 16.0. The number of carbonyl (C=O) groups is 4. The van der Waals surface area contributed by atoms with Crippen LogP contribution in [0.2, 0.25) is 0 Å². The lowest BCUT2D eigenvalue weighted by Gasteiger charge is -2.33. The van der Waals surface area contributed by atoms with Crippen molar-refractivity contribution in [1.29, 1.82) is 0 Å². The molecule has 0 spiro atoms. The number of methoxy groups -OCH3 is 1. The van der Waals surface area contributed by atoms with E-state index < -0.39 is 6.03 Å². The normalized spacial score (nSPS) is 16.3. The van der Waals surface area contributed by atoms with E-state index in [1.54, 1.807) is 23.1 Å². The molecule has 0 aromatic heterocycles. The summed E-state index contributed by atoms with van der Waals surface area (Å²) in [6.07, 6.45) is 0.724. The van der Waals surface area contributed by atoms with Crippen LogP contribution in [0.15, 0.2) is 18.2 Å². The molecule has 1 aromatic carbocycles. The summed E-state index contributed by atoms with van der Waals surface area (Å²) in [6.45, 7) is 13.3. The molecule has 0 unspecified atom stereocenters. The van der Waals surface area contributed by atoms with Crippen molar-refractivity contribution < 1.29 is 28.7 Å². The van der Waals surface area contributed by atoms with Gasteiger partial charge >= 0.3 is 12.1 Å². The number of amides is 4. The van der Waals surface area contributed by atoms with Gasteiger partial charge in [0.25, 0.3) is 0 Å². The van der Waals surface area contributed by atoms with Crippen LogP contribution in [-0.4, -0.2) is 86.6 Å². The molecule has 1 aromatic rings. The van der Waals surface area contributed by atoms with Gasteiger partial charge in [-0.3, -0.25) is 19.8 Å². The van der Waals surface area contributed by atoms with Crippen molar-refractivity contribution in [2.24, 2.45) is 0 Å². The van der Waals surface area contributed by atoms with Crippen LogP contribution < -0.4 is 15.0 Å². The molecule has 2 fully saturated rings. The van der Waals surface area contributed by atoms with Crippen molar-refractivity contribution in [2.45, 2.75) is 46.6 Å². The quantitative estimate of drug-likeness (QED) is 0.665. The minimum atomic E-state index is -0.507. The molecule has 190 valence electrons. The van der Waals surface area contributed by atoms with E-state index in [4.69, 9.17) is 9.47 Å². The molecular weight excluding hydrogens is 440 g/mol. The van der Waals surface area contributed by atoms with Gasteiger partial charge in [0, 0.05) is 44.7 Å². The Balaban J connectivity index is 0.000000326. The van der Waals surface area contributed by atoms with Gasteiger partial charge in [0.1, 0.15) is 17.6 Å². The number of piperazine rings is 1. The van der Waals surface area contributed by atoms with E-state index in [-0.39, 0.29) is 30.6 Å². The number of urea groups is 1. The van der Waals surface area contributed by atoms with Gasteiger partial charge in [-0.05, 0) is 46.0 Å². The number of rotatable bonds is 3. The number of ether oxygens (including phenoxy) is 2. The molecule has 2 heterocycles. The minimum Gasteiger partial charge on any atom is -0.495 e. The zero-order valence-corrected chi connectivity index (χ0v) is 21.3. The molecule has 10 nitrogen and oxygen atoms in total. The van der Waals surface area contributed by atoms with E-state index in [2.05, 4.69) is 17.3 Å². The van der Waals surface area contributed by atoms with Gasteiger partial charge < -0.3 is 19.3 Å². The summed E-state index contributed by atoms with van der Waals surface area (Å²) in [7, 11) is 3.54. The fourth-order valence-electron chi connectivity index (χ4n) is 3.10. The zero-order chi connectivity index (χ0) is 25.9. The molecule has 2 saturated heterocycles. The van der Waals surface area contributed by atoms with E-state index in [1.807, 2.05) is 34.6 Å². The summed E-state index contributed by atoms with van der Waals surface area (Å²) in [4.78, 5) is 50.5. The number of likely N-dealkylation sites (N-methyl/N-ethyl adjacent to an activating group) is 1. The van der Waals surface area contributed by atoms with Gasteiger partial charge in [-0.15, -0.1) is 0 Å². The molecule has 2 aliphatic heterocycles. The van der Waals surface area contributed by atoms with Crippen molar-refractivity contribution in [3.63, 3.8) is 0 Å². The average molecular weight is 479 g/mol. The highest BCUT2D eigenvalue weighted by molar-refractivity contribution is 6.06. The van der Waals surface area contributed by atoms with Gasteiger partial charge in [0.05, 0.1) is 12.8 Å². The van der Waals surface area contributed by atoms with Gasteiger partial charge in [0.2, 0.25) is 5.91 Å². The number of carbonyl (C=O) groups excluding carboxylic acids is 4. The van der Waals surface area contributed by atoms with E-state index in [0.29, 0.717) is 23.3 Å². The first-order valence-electron chi connectivity index (χ1n) is 11.4. The number of benzene rings is 1. The van der Waals surface area contributed by atoms with Gasteiger partial charge in [0.15, 0.2) is 0 Å². The summed E-state index contributed by atoms with van der Waals surface area (Å²) in [5.74, 6) is 0.173. The Hall–Kier alpha value is -3.14. The molecule has 4 amide bonds. The first-order valence-corrected chi connectivity index (χ1v) is 11.4. The Bertz CT molecular complexity index is 844. The minimum absolute atomic E-state index is 0.189. The summed E-state index contributed by atoms with van der Waals surface area (Å²) < 4.78 is 10.4. The molecule has 2 aliphatic rings. The third-order valence-corrected chi connectivity index (χ3v) is 4.84. The highest BCUT2D eigenvalue weighted by atomic mass is 16.6. The molecule has 1 N–H and O–H groups in total. The number of aldehydes is 1. The SMILES string of the molecule is CC.CN1CCN(C(=O)OC(C)(C)C)CC1.COc1ccc(C=O)cc1N1CCC(=O)NC1=O. The van der Waals surface area contributed by atoms with Crippen molar-refractivity contribution in [2.75, 3.05) is 51.8 Å². The molecule has 0 saturated carbocycles. The highest BCUT2D eigenvalue weighted by Gasteiger charge is 2.27. The zero-order valence-electron chi connectivity index (χ0n) is 21.3. The number of anilines is 1. The lowest BCUT2D eigenvalue weighted by atomic mass is 10.1. The molecule has 0 atom stereocenters. The van der Waals surface area contributed by atoms with Crippen LogP contribution in [0.1, 0.15) is 51.4 Å². The maximum atomic E-state index is 11.7. The smallest absolute Gasteiger partial charge is 0.410 e. The maximum Gasteiger partial charge on any atom is 0.410 e. The summed E-state index contributed by atoms with van der Waals surface area (Å²) in [6, 6.07) is 4.26. The topological polar surface area (TPSA) is 108 Å². The van der Waals surface area contributed by atoms with Crippen LogP contribution in [0.25, 0.3) is 0 Å². The Morgan fingerprint density at radius 1 is 1.06 bits per heavy atom. The van der Waals surface area contributed by atoms with Crippen LogP contribution in [0, 0.1) is 0 Å². The Labute approximate surface area is 202 Å². The largest absolute Gasteiger partial charge is 0.495 e. The molecule has 34 heavy (non-hydrogen) atoms. The molecule has 0 aliphatic carbocycles. The lowest BCUT2D eigenvalue weighted by Crippen LogP contribution is -2.49. The summed E-state index contributed by atoms with van der Waals surface area (Å²) in [5.41, 5.74) is 0.531. The van der Waals surface area contributed by atoms with Crippen LogP contribution in [0.4, 0.5) is 15.3 Å². The molecular formula is C24H38N4O6. The standard InChI is InChI=1S/C12H12N2O4.C10H20N2O2.C2H6/c1-18-10-3-2-8(7-15)6-9(10)14-5-4-11(16)13-12(14)17;1-10(2,3)14-9(13)12-7-5-11(4)6-8-12;1-2/h2-3,6-7H,4-5H2,1H3,(H,13,16,17);5-8H2,1-4H3;1-2H3. The van der Waals surface area contributed by atoms with Gasteiger partial charge in [-0.2, -0.15) is 0 Å². The molecule has 0 bridgehead atoms. The Morgan fingerprint density at radius 3 is 2.18 bits per heavy atom. The maximum absolute atomic E-state index is 11.7. The highest BCUT2D eigenvalue weighted by Crippen LogP contribution is 2.30. The van der Waals surface area contributed by atoms with E-state index >= 15 is 0 Å². The second kappa shape index (κ2) is 13.5. The fourth-order valence-corrected chi connectivity index (χ4v) is 3.10. The number of imide groups is 1. The van der Waals surface area contributed by atoms with Crippen LogP contribution in [0.3, 0.4) is 0 Å². The Morgan fingerprint density at radius 2 is 1.68 bits per heavy atom. The number of hydrogen-bond donors (Lipinski definition) is 1. The van der Waals surface area contributed by atoms with Gasteiger partial charge in [-0.1, -0.05) is 13.8 Å². The predicted octanol–water partition coefficient (Wildman–Crippen LogP) is 3.15.